The molecule has 2 fully saturated rings. The molecule has 2 heterocycles. The summed E-state index contributed by atoms with van der Waals surface area (Å²) in [5.41, 5.74) is -1.00. The van der Waals surface area contributed by atoms with E-state index in [2.05, 4.69) is 4.90 Å². The number of benzene rings is 1. The number of methoxy groups -OCH3 is 2. The van der Waals surface area contributed by atoms with E-state index in [9.17, 15) is 14.3 Å². The minimum atomic E-state index is -1.40. The fourth-order valence-corrected chi connectivity index (χ4v) is 4.28. The zero-order valence-corrected chi connectivity index (χ0v) is 16.8. The van der Waals surface area contributed by atoms with Gasteiger partial charge in [-0.1, -0.05) is 0 Å². The van der Waals surface area contributed by atoms with Crippen molar-refractivity contribution in [3.05, 3.63) is 29.6 Å². The van der Waals surface area contributed by atoms with Gasteiger partial charge in [0, 0.05) is 38.9 Å². The Labute approximate surface area is 166 Å². The van der Waals surface area contributed by atoms with Gasteiger partial charge in [0.1, 0.15) is 11.6 Å². The summed E-state index contributed by atoms with van der Waals surface area (Å²) in [5.74, 6) is 0.420. The average molecular weight is 394 g/mol. The number of halogens is 1. The highest BCUT2D eigenvalue weighted by atomic mass is 19.1. The lowest BCUT2D eigenvalue weighted by molar-refractivity contribution is -0.160. The smallest absolute Gasteiger partial charge is 0.256 e. The highest BCUT2D eigenvalue weighted by Crippen LogP contribution is 2.28. The maximum Gasteiger partial charge on any atom is 0.256 e. The lowest BCUT2D eigenvalue weighted by Gasteiger charge is -2.42. The van der Waals surface area contributed by atoms with Crippen LogP contribution in [0.1, 0.15) is 31.2 Å². The number of nitrogens with zero attached hydrogens (tertiary/aromatic N) is 2. The predicted molar refractivity (Wildman–Crippen MR) is 104 cm³/mol. The molecule has 0 saturated carbocycles. The summed E-state index contributed by atoms with van der Waals surface area (Å²) >= 11 is 0. The van der Waals surface area contributed by atoms with Gasteiger partial charge in [0.05, 0.1) is 7.11 Å². The van der Waals surface area contributed by atoms with Gasteiger partial charge < -0.3 is 19.5 Å². The summed E-state index contributed by atoms with van der Waals surface area (Å²) in [5, 5.41) is 11.1. The van der Waals surface area contributed by atoms with Crippen molar-refractivity contribution in [2.75, 3.05) is 47.0 Å². The third-order valence-corrected chi connectivity index (χ3v) is 5.91. The highest BCUT2D eigenvalue weighted by molar-refractivity contribution is 5.86. The van der Waals surface area contributed by atoms with Crippen molar-refractivity contribution in [1.29, 1.82) is 0 Å². The van der Waals surface area contributed by atoms with Gasteiger partial charge >= 0.3 is 0 Å². The molecule has 2 aliphatic rings. The highest BCUT2D eigenvalue weighted by Gasteiger charge is 2.43. The van der Waals surface area contributed by atoms with Crippen molar-refractivity contribution in [2.24, 2.45) is 5.92 Å². The number of ether oxygens (including phenoxy) is 2. The molecule has 2 saturated heterocycles. The van der Waals surface area contributed by atoms with Crippen LogP contribution in [0, 0.1) is 11.7 Å². The molecule has 0 aromatic heterocycles. The molecule has 1 aromatic carbocycles. The zero-order chi connectivity index (χ0) is 20.1. The molecular weight excluding hydrogens is 363 g/mol. The molecule has 1 amide bonds. The second kappa shape index (κ2) is 9.20. The summed E-state index contributed by atoms with van der Waals surface area (Å²) < 4.78 is 24.6. The van der Waals surface area contributed by atoms with Crippen LogP contribution in [0.3, 0.4) is 0 Å². The van der Waals surface area contributed by atoms with Crippen LogP contribution in [0.25, 0.3) is 0 Å². The lowest BCUT2D eigenvalue weighted by Crippen LogP contribution is -2.59. The first-order valence-electron chi connectivity index (χ1n) is 10.0. The molecule has 28 heavy (non-hydrogen) atoms. The summed E-state index contributed by atoms with van der Waals surface area (Å²) in [4.78, 5) is 16.8. The van der Waals surface area contributed by atoms with Crippen molar-refractivity contribution in [2.45, 2.75) is 37.8 Å². The van der Waals surface area contributed by atoms with Crippen LogP contribution < -0.4 is 4.74 Å². The Morgan fingerprint density at radius 1 is 1.25 bits per heavy atom. The van der Waals surface area contributed by atoms with E-state index in [0.717, 1.165) is 32.5 Å². The lowest BCUT2D eigenvalue weighted by atomic mass is 9.89. The van der Waals surface area contributed by atoms with Crippen LogP contribution >= 0.6 is 0 Å². The van der Waals surface area contributed by atoms with Crippen LogP contribution in [0.15, 0.2) is 18.2 Å². The second-order valence-electron chi connectivity index (χ2n) is 7.99. The summed E-state index contributed by atoms with van der Waals surface area (Å²) in [6.07, 6.45) is 3.17. The molecular formula is C21H31FN2O4. The van der Waals surface area contributed by atoms with Crippen LogP contribution in [-0.4, -0.2) is 73.4 Å². The second-order valence-corrected chi connectivity index (χ2v) is 7.99. The largest absolute Gasteiger partial charge is 0.497 e. The molecule has 3 rings (SSSR count). The van der Waals surface area contributed by atoms with Crippen molar-refractivity contribution in [3.8, 4) is 5.75 Å². The summed E-state index contributed by atoms with van der Waals surface area (Å²) in [6.45, 7) is 3.47. The number of rotatable bonds is 7. The minimum Gasteiger partial charge on any atom is -0.497 e. The Kier molecular flexibility index (Phi) is 6.91. The Hall–Kier alpha value is -1.70. The van der Waals surface area contributed by atoms with E-state index < -0.39 is 5.60 Å². The van der Waals surface area contributed by atoms with Gasteiger partial charge in [-0.15, -0.1) is 0 Å². The molecule has 0 spiro atoms. The molecule has 1 atom stereocenters. The fourth-order valence-electron chi connectivity index (χ4n) is 4.28. The molecule has 1 aromatic rings. The van der Waals surface area contributed by atoms with E-state index in [0.29, 0.717) is 43.2 Å². The normalized spacial score (nSPS) is 24.6. The first-order valence-corrected chi connectivity index (χ1v) is 10.0. The van der Waals surface area contributed by atoms with E-state index in [1.807, 2.05) is 0 Å². The number of piperidine rings is 2. The number of hydrogen-bond donors (Lipinski definition) is 1. The average Bonchev–Trinajstić information content (AvgIpc) is 2.69. The number of aliphatic hydroxyl groups is 1. The Bertz CT molecular complexity index is 678. The summed E-state index contributed by atoms with van der Waals surface area (Å²) in [6, 6.07) is 4.51. The van der Waals surface area contributed by atoms with E-state index in [-0.39, 0.29) is 18.3 Å². The molecule has 0 aliphatic carbocycles. The first kappa shape index (κ1) is 21.0. The zero-order valence-electron chi connectivity index (χ0n) is 16.8. The number of carbonyl (C=O) groups is 1. The van der Waals surface area contributed by atoms with E-state index >= 15 is 0 Å². The maximum absolute atomic E-state index is 14.2. The number of β-amino-alcohol motifs (C(OH)–C–C–N with tert-alkyl or cyclic N) is 1. The van der Waals surface area contributed by atoms with Gasteiger partial charge in [0.15, 0.2) is 5.60 Å². The van der Waals surface area contributed by atoms with Crippen molar-refractivity contribution >= 4 is 5.91 Å². The van der Waals surface area contributed by atoms with Crippen molar-refractivity contribution in [3.63, 3.8) is 0 Å². The Balaban J connectivity index is 1.63. The van der Waals surface area contributed by atoms with Crippen LogP contribution in [0.2, 0.25) is 0 Å². The van der Waals surface area contributed by atoms with Gasteiger partial charge in [0.2, 0.25) is 0 Å². The van der Waals surface area contributed by atoms with Crippen molar-refractivity contribution in [1.82, 2.24) is 9.80 Å². The van der Waals surface area contributed by atoms with E-state index in [1.165, 1.54) is 13.2 Å². The fraction of sp³-hybridized carbons (Fsp3) is 0.667. The molecule has 0 bridgehead atoms. The summed E-state index contributed by atoms with van der Waals surface area (Å²) in [7, 11) is 3.24. The van der Waals surface area contributed by atoms with Crippen molar-refractivity contribution < 1.29 is 23.8 Å². The SMILES string of the molecule is COCC1CCN(C[C@@]2(O)CCCN(Cc3cc(OC)ccc3F)C2=O)CC1. The van der Waals surface area contributed by atoms with Gasteiger partial charge in [0.25, 0.3) is 5.91 Å². The van der Waals surface area contributed by atoms with E-state index in [4.69, 9.17) is 9.47 Å². The third kappa shape index (κ3) is 4.82. The Morgan fingerprint density at radius 3 is 2.68 bits per heavy atom. The van der Waals surface area contributed by atoms with Gasteiger partial charge in [-0.3, -0.25) is 9.69 Å². The van der Waals surface area contributed by atoms with Gasteiger partial charge in [-0.05, 0) is 62.9 Å². The molecule has 1 N–H and O–H groups in total. The molecule has 0 radical (unpaired) electrons. The molecule has 0 unspecified atom stereocenters. The standard InChI is InChI=1S/C21H31FN2O4/c1-27-14-16-6-10-23(11-7-16)15-21(26)8-3-9-24(20(21)25)13-17-12-18(28-2)4-5-19(17)22/h4-5,12,16,26H,3,6-11,13-15H2,1-2H3/t21-/m0/s1. The van der Waals surface area contributed by atoms with Gasteiger partial charge in [-0.25, -0.2) is 4.39 Å². The number of carbonyl (C=O) groups excluding carboxylic acids is 1. The number of amides is 1. The molecule has 6 nitrogen and oxygen atoms in total. The Morgan fingerprint density at radius 2 is 2.00 bits per heavy atom. The predicted octanol–water partition coefficient (Wildman–Crippen LogP) is 2.05. The monoisotopic (exact) mass is 394 g/mol. The van der Waals surface area contributed by atoms with Crippen LogP contribution in [0.5, 0.6) is 5.75 Å². The first-order chi connectivity index (χ1) is 13.4. The van der Waals surface area contributed by atoms with Crippen LogP contribution in [-0.2, 0) is 16.1 Å². The molecule has 7 heteroatoms. The number of likely N-dealkylation sites (tertiary alicyclic amines) is 2. The van der Waals surface area contributed by atoms with Gasteiger partial charge in [-0.2, -0.15) is 0 Å². The maximum atomic E-state index is 14.2. The minimum absolute atomic E-state index is 0.139. The quantitative estimate of drug-likeness (QED) is 0.767. The van der Waals surface area contributed by atoms with Crippen LogP contribution in [0.4, 0.5) is 4.39 Å². The molecule has 156 valence electrons. The van der Waals surface area contributed by atoms with E-state index in [1.54, 1.807) is 24.1 Å². The third-order valence-electron chi connectivity index (χ3n) is 5.91. The number of hydrogen-bond acceptors (Lipinski definition) is 5. The topological polar surface area (TPSA) is 62.2 Å². The molecule has 2 aliphatic heterocycles.